The van der Waals surface area contributed by atoms with E-state index in [2.05, 4.69) is 68.5 Å². The summed E-state index contributed by atoms with van der Waals surface area (Å²) in [5, 5.41) is 4.67. The van der Waals surface area contributed by atoms with Gasteiger partial charge < -0.3 is 5.73 Å². The van der Waals surface area contributed by atoms with Gasteiger partial charge in [0.25, 0.3) is 0 Å². The largest absolute Gasteiger partial charge is 0.327 e. The Labute approximate surface area is 128 Å². The van der Waals surface area contributed by atoms with Crippen LogP contribution in [0.5, 0.6) is 0 Å². The summed E-state index contributed by atoms with van der Waals surface area (Å²) in [6.45, 7) is 6.57. The highest BCUT2D eigenvalue weighted by molar-refractivity contribution is 5.22. The molecule has 2 rings (SSSR count). The molecule has 0 amide bonds. The van der Waals surface area contributed by atoms with E-state index in [1.807, 2.05) is 4.68 Å². The quantitative estimate of drug-likeness (QED) is 0.838. The van der Waals surface area contributed by atoms with Gasteiger partial charge in [0.1, 0.15) is 0 Å². The Morgan fingerprint density at radius 1 is 1.10 bits per heavy atom. The highest BCUT2D eigenvalue weighted by atomic mass is 15.3. The van der Waals surface area contributed by atoms with Crippen LogP contribution in [0.25, 0.3) is 0 Å². The van der Waals surface area contributed by atoms with Crippen molar-refractivity contribution in [3.8, 4) is 0 Å². The molecule has 3 atom stereocenters. The summed E-state index contributed by atoms with van der Waals surface area (Å²) in [6.07, 6.45) is 5.04. The van der Waals surface area contributed by atoms with Crippen LogP contribution in [-0.2, 0) is 6.42 Å². The highest BCUT2D eigenvalue weighted by Gasteiger charge is 2.19. The number of hydrogen-bond donors (Lipinski definition) is 1. The van der Waals surface area contributed by atoms with Gasteiger partial charge in [-0.15, -0.1) is 0 Å². The van der Waals surface area contributed by atoms with Gasteiger partial charge in [-0.25, -0.2) is 0 Å². The van der Waals surface area contributed by atoms with Crippen LogP contribution in [0.3, 0.4) is 0 Å². The summed E-state index contributed by atoms with van der Waals surface area (Å²) in [7, 11) is 0. The van der Waals surface area contributed by atoms with Crippen molar-refractivity contribution < 1.29 is 0 Å². The third kappa shape index (κ3) is 3.94. The predicted molar refractivity (Wildman–Crippen MR) is 88.4 cm³/mol. The minimum Gasteiger partial charge on any atom is -0.327 e. The summed E-state index contributed by atoms with van der Waals surface area (Å²) < 4.78 is 2.05. The van der Waals surface area contributed by atoms with Crippen LogP contribution >= 0.6 is 0 Å². The van der Waals surface area contributed by atoms with E-state index in [-0.39, 0.29) is 6.04 Å². The summed E-state index contributed by atoms with van der Waals surface area (Å²) >= 11 is 0. The summed E-state index contributed by atoms with van der Waals surface area (Å²) in [5.74, 6) is 0.389. The molecule has 0 bridgehead atoms. The third-order valence-corrected chi connectivity index (χ3v) is 4.34. The van der Waals surface area contributed by atoms with E-state index in [0.717, 1.165) is 25.0 Å². The molecule has 0 aliphatic rings. The fraction of sp³-hybridized carbons (Fsp3) is 0.500. The Hall–Kier alpha value is -1.61. The highest BCUT2D eigenvalue weighted by Crippen LogP contribution is 2.24. The molecule has 0 fully saturated rings. The van der Waals surface area contributed by atoms with E-state index >= 15 is 0 Å². The molecule has 1 aromatic heterocycles. The lowest BCUT2D eigenvalue weighted by molar-refractivity contribution is 0.464. The molecule has 0 aliphatic heterocycles. The maximum absolute atomic E-state index is 6.46. The van der Waals surface area contributed by atoms with Crippen molar-refractivity contribution in [1.29, 1.82) is 0 Å². The van der Waals surface area contributed by atoms with Gasteiger partial charge in [0.2, 0.25) is 0 Å². The average molecular weight is 285 g/mol. The van der Waals surface area contributed by atoms with Crippen molar-refractivity contribution in [2.45, 2.75) is 58.0 Å². The lowest BCUT2D eigenvalue weighted by Crippen LogP contribution is -2.30. The smallest absolute Gasteiger partial charge is 0.0640 e. The van der Waals surface area contributed by atoms with E-state index in [0.29, 0.717) is 12.0 Å². The second-order valence-electron chi connectivity index (χ2n) is 5.84. The van der Waals surface area contributed by atoms with Gasteiger partial charge in [-0.1, -0.05) is 44.2 Å². The standard InChI is InChI=1S/C18H27N3/c1-4-14(3)21-12-11-16(20-21)13-18(19)17(5-2)15-9-7-6-8-10-15/h6-12,14,17-18H,4-5,13,19H2,1-3H3. The van der Waals surface area contributed by atoms with Gasteiger partial charge in [0, 0.05) is 24.7 Å². The first kappa shape index (κ1) is 15.8. The fourth-order valence-electron chi connectivity index (χ4n) is 2.79. The van der Waals surface area contributed by atoms with Gasteiger partial charge in [-0.3, -0.25) is 4.68 Å². The van der Waals surface area contributed by atoms with Crippen molar-refractivity contribution in [1.82, 2.24) is 9.78 Å². The number of hydrogen-bond acceptors (Lipinski definition) is 2. The van der Waals surface area contributed by atoms with E-state index in [1.165, 1.54) is 5.56 Å². The second kappa shape index (κ2) is 7.41. The van der Waals surface area contributed by atoms with Crippen LogP contribution in [-0.4, -0.2) is 15.8 Å². The maximum atomic E-state index is 6.46. The molecule has 0 saturated heterocycles. The summed E-state index contributed by atoms with van der Waals surface area (Å²) in [4.78, 5) is 0. The fourth-order valence-corrected chi connectivity index (χ4v) is 2.79. The van der Waals surface area contributed by atoms with Gasteiger partial charge in [-0.05, 0) is 37.3 Å². The van der Waals surface area contributed by atoms with E-state index < -0.39 is 0 Å². The van der Waals surface area contributed by atoms with Gasteiger partial charge >= 0.3 is 0 Å². The molecule has 0 saturated carbocycles. The monoisotopic (exact) mass is 285 g/mol. The normalized spacial score (nSPS) is 15.6. The summed E-state index contributed by atoms with van der Waals surface area (Å²) in [6, 6.07) is 13.2. The molecule has 0 radical (unpaired) electrons. The zero-order valence-corrected chi connectivity index (χ0v) is 13.4. The van der Waals surface area contributed by atoms with Crippen LogP contribution in [0.2, 0.25) is 0 Å². The number of benzene rings is 1. The Kier molecular flexibility index (Phi) is 5.57. The Morgan fingerprint density at radius 3 is 2.43 bits per heavy atom. The molecule has 21 heavy (non-hydrogen) atoms. The Bertz CT molecular complexity index is 532. The van der Waals surface area contributed by atoms with Crippen molar-refractivity contribution in [2.75, 3.05) is 0 Å². The minimum absolute atomic E-state index is 0.109. The molecule has 1 heterocycles. The maximum Gasteiger partial charge on any atom is 0.0640 e. The van der Waals surface area contributed by atoms with Crippen LogP contribution in [0.1, 0.15) is 56.8 Å². The van der Waals surface area contributed by atoms with Gasteiger partial charge in [0.05, 0.1) is 5.69 Å². The zero-order chi connectivity index (χ0) is 15.2. The van der Waals surface area contributed by atoms with Crippen molar-refractivity contribution in [3.05, 3.63) is 53.9 Å². The molecule has 3 nitrogen and oxygen atoms in total. The molecule has 114 valence electrons. The molecular weight excluding hydrogens is 258 g/mol. The molecule has 0 aliphatic carbocycles. The molecule has 0 spiro atoms. The third-order valence-electron chi connectivity index (χ3n) is 4.34. The van der Waals surface area contributed by atoms with Crippen LogP contribution in [0.4, 0.5) is 0 Å². The van der Waals surface area contributed by atoms with Crippen LogP contribution in [0.15, 0.2) is 42.6 Å². The minimum atomic E-state index is 0.109. The predicted octanol–water partition coefficient (Wildman–Crippen LogP) is 3.92. The van der Waals surface area contributed by atoms with Gasteiger partial charge in [0.15, 0.2) is 0 Å². The first-order valence-electron chi connectivity index (χ1n) is 8.00. The number of nitrogens with zero attached hydrogens (tertiary/aromatic N) is 2. The topological polar surface area (TPSA) is 43.8 Å². The first-order valence-corrected chi connectivity index (χ1v) is 8.00. The molecule has 3 unspecified atom stereocenters. The number of aromatic nitrogens is 2. The zero-order valence-electron chi connectivity index (χ0n) is 13.4. The Balaban J connectivity index is 2.06. The van der Waals surface area contributed by atoms with Crippen molar-refractivity contribution >= 4 is 0 Å². The molecule has 2 N–H and O–H groups in total. The lowest BCUT2D eigenvalue weighted by Gasteiger charge is -2.22. The van der Waals surface area contributed by atoms with E-state index in [4.69, 9.17) is 5.73 Å². The SMILES string of the molecule is CCC(c1ccccc1)C(N)Cc1ccn(C(C)CC)n1. The average Bonchev–Trinajstić information content (AvgIpc) is 2.96. The molecular formula is C18H27N3. The second-order valence-corrected chi connectivity index (χ2v) is 5.84. The first-order chi connectivity index (χ1) is 10.2. The Morgan fingerprint density at radius 2 is 1.81 bits per heavy atom. The molecule has 3 heteroatoms. The molecule has 1 aromatic carbocycles. The summed E-state index contributed by atoms with van der Waals surface area (Å²) in [5.41, 5.74) is 8.88. The van der Waals surface area contributed by atoms with E-state index in [1.54, 1.807) is 0 Å². The van der Waals surface area contributed by atoms with Crippen molar-refractivity contribution in [3.63, 3.8) is 0 Å². The van der Waals surface area contributed by atoms with E-state index in [9.17, 15) is 0 Å². The van der Waals surface area contributed by atoms with Crippen LogP contribution in [0, 0.1) is 0 Å². The van der Waals surface area contributed by atoms with Gasteiger partial charge in [-0.2, -0.15) is 5.10 Å². The molecule has 2 aromatic rings. The number of nitrogens with two attached hydrogens (primary N) is 1. The lowest BCUT2D eigenvalue weighted by atomic mass is 9.87. The van der Waals surface area contributed by atoms with Crippen LogP contribution < -0.4 is 5.73 Å². The van der Waals surface area contributed by atoms with Crippen molar-refractivity contribution in [2.24, 2.45) is 5.73 Å². The number of rotatable bonds is 7.